The van der Waals surface area contributed by atoms with Gasteiger partial charge >= 0.3 is 39.5 Å². The predicted molar refractivity (Wildman–Crippen MR) is 340 cm³/mol. The minimum Gasteiger partial charge on any atom is -0.462 e. The fourth-order valence-corrected chi connectivity index (χ4v) is 11.4. The van der Waals surface area contributed by atoms with Gasteiger partial charge in [0.25, 0.3) is 0 Å². The zero-order valence-electron chi connectivity index (χ0n) is 54.9. The van der Waals surface area contributed by atoms with E-state index in [-0.39, 0.29) is 25.7 Å². The molecule has 0 aliphatic heterocycles. The number of rotatable bonds is 65. The maximum absolute atomic E-state index is 13.0. The van der Waals surface area contributed by atoms with Crippen molar-refractivity contribution in [2.24, 2.45) is 11.8 Å². The third-order valence-electron chi connectivity index (χ3n) is 15.6. The van der Waals surface area contributed by atoms with Crippen molar-refractivity contribution >= 4 is 39.5 Å². The van der Waals surface area contributed by atoms with Gasteiger partial charge in [0.2, 0.25) is 0 Å². The molecule has 0 aliphatic carbocycles. The summed E-state index contributed by atoms with van der Waals surface area (Å²) in [6.45, 7) is 9.48. The van der Waals surface area contributed by atoms with Crippen LogP contribution < -0.4 is 0 Å². The molecule has 0 heterocycles. The Morgan fingerprint density at radius 1 is 0.341 bits per heavy atom. The number of aliphatic hydroxyl groups excluding tert-OH is 1. The summed E-state index contributed by atoms with van der Waals surface area (Å²) in [5.74, 6) is -0.563. The lowest BCUT2D eigenvalue weighted by atomic mass is 9.99. The number of unbranched alkanes of at least 4 members (excludes halogenated alkanes) is 34. The zero-order valence-corrected chi connectivity index (χ0v) is 56.7. The van der Waals surface area contributed by atoms with Crippen LogP contribution >= 0.6 is 15.6 Å². The summed E-state index contributed by atoms with van der Waals surface area (Å²) in [7, 11) is -9.88. The molecule has 0 fully saturated rings. The van der Waals surface area contributed by atoms with E-state index in [1.165, 1.54) is 135 Å². The van der Waals surface area contributed by atoms with Crippen molar-refractivity contribution in [1.29, 1.82) is 0 Å². The first-order valence-corrected chi connectivity index (χ1v) is 37.5. The molecule has 0 aliphatic rings. The molecule has 0 amide bonds. The number of carbonyl (C=O) groups is 4. The van der Waals surface area contributed by atoms with Crippen molar-refractivity contribution in [1.82, 2.24) is 0 Å². The molecular weight excluding hydrogens is 1130 g/mol. The smallest absolute Gasteiger partial charge is 0.462 e. The minimum absolute atomic E-state index is 0.105. The van der Waals surface area contributed by atoms with Crippen LogP contribution in [0, 0.1) is 11.8 Å². The lowest BCUT2D eigenvalue weighted by molar-refractivity contribution is -0.161. The summed E-state index contributed by atoms with van der Waals surface area (Å²) < 4.78 is 68.0. The fraction of sp³-hybridized carbons (Fsp3) is 0.939. The number of aliphatic hydroxyl groups is 1. The van der Waals surface area contributed by atoms with Gasteiger partial charge < -0.3 is 33.8 Å². The second-order valence-corrected chi connectivity index (χ2v) is 27.5. The van der Waals surface area contributed by atoms with Crippen LogP contribution in [0.25, 0.3) is 0 Å². The fourth-order valence-electron chi connectivity index (χ4n) is 9.85. The molecule has 0 bridgehead atoms. The van der Waals surface area contributed by atoms with Crippen molar-refractivity contribution in [2.75, 3.05) is 39.6 Å². The lowest BCUT2D eigenvalue weighted by Crippen LogP contribution is -2.30. The van der Waals surface area contributed by atoms with Gasteiger partial charge in [0.05, 0.1) is 26.4 Å². The molecule has 0 spiro atoms. The van der Waals surface area contributed by atoms with Gasteiger partial charge in [-0.3, -0.25) is 37.3 Å². The average molecular weight is 1260 g/mol. The van der Waals surface area contributed by atoms with Crippen molar-refractivity contribution < 1.29 is 80.2 Å². The van der Waals surface area contributed by atoms with Crippen LogP contribution in [0.3, 0.4) is 0 Å². The molecule has 85 heavy (non-hydrogen) atoms. The second kappa shape index (κ2) is 58.4. The molecule has 6 atom stereocenters. The third-order valence-corrected chi connectivity index (χ3v) is 17.5. The van der Waals surface area contributed by atoms with Gasteiger partial charge in [-0.15, -0.1) is 0 Å². The van der Waals surface area contributed by atoms with E-state index in [0.29, 0.717) is 25.7 Å². The number of phosphoric acid groups is 2. The number of phosphoric ester groups is 2. The van der Waals surface area contributed by atoms with Crippen LogP contribution in [0.4, 0.5) is 0 Å². The first kappa shape index (κ1) is 83.1. The topological polar surface area (TPSA) is 237 Å². The molecule has 0 rings (SSSR count). The van der Waals surface area contributed by atoms with Crippen LogP contribution in [-0.4, -0.2) is 96.7 Å². The normalized spacial score (nSPS) is 14.6. The van der Waals surface area contributed by atoms with E-state index in [9.17, 15) is 43.2 Å². The van der Waals surface area contributed by atoms with Crippen molar-refractivity contribution in [2.45, 2.75) is 349 Å². The van der Waals surface area contributed by atoms with Gasteiger partial charge in [-0.1, -0.05) is 279 Å². The number of hydrogen-bond donors (Lipinski definition) is 3. The van der Waals surface area contributed by atoms with Crippen LogP contribution in [0.2, 0.25) is 0 Å². The van der Waals surface area contributed by atoms with E-state index in [1.807, 2.05) is 0 Å². The average Bonchev–Trinajstić information content (AvgIpc) is 3.55. The highest BCUT2D eigenvalue weighted by Crippen LogP contribution is 2.45. The monoisotopic (exact) mass is 1250 g/mol. The molecule has 19 heteroatoms. The first-order chi connectivity index (χ1) is 40.9. The summed E-state index contributed by atoms with van der Waals surface area (Å²) in [6, 6.07) is 0. The zero-order chi connectivity index (χ0) is 62.9. The molecule has 0 aromatic heterocycles. The van der Waals surface area contributed by atoms with Crippen molar-refractivity contribution in [3.8, 4) is 0 Å². The standard InChI is InChI=1S/C66H128O17P2/c1-7-10-12-14-16-30-36-42-48-63(68)76-54-61(82-65(70)50-44-38-31-17-15-13-11-8-2)56-80-84(72,73)78-52-60(67)53-79-85(74,75)81-57-62(55-77-64(69)49-43-37-32-27-26-29-35-41-47-59(6)9-3)83-66(71)51-45-39-33-25-23-21-19-18-20-22-24-28-34-40-46-58(4)5/h58-62,67H,7-57H2,1-6H3,(H,72,73)(H,74,75)/t59?,60-,61+,62+/m0/s1. The van der Waals surface area contributed by atoms with Crippen molar-refractivity contribution in [3.05, 3.63) is 0 Å². The molecule has 0 saturated heterocycles. The van der Waals surface area contributed by atoms with Gasteiger partial charge in [-0.05, 0) is 37.5 Å². The summed E-state index contributed by atoms with van der Waals surface area (Å²) in [5, 5.41) is 10.5. The highest BCUT2D eigenvalue weighted by Gasteiger charge is 2.30. The molecule has 3 N–H and O–H groups in total. The third kappa shape index (κ3) is 59.5. The Balaban J connectivity index is 5.19. The predicted octanol–water partition coefficient (Wildman–Crippen LogP) is 18.4. The number of ether oxygens (including phenoxy) is 4. The summed E-state index contributed by atoms with van der Waals surface area (Å²) in [6.07, 6.45) is 41.7. The van der Waals surface area contributed by atoms with Gasteiger partial charge in [-0.25, -0.2) is 9.13 Å². The summed E-state index contributed by atoms with van der Waals surface area (Å²) in [4.78, 5) is 72.2. The van der Waals surface area contributed by atoms with E-state index in [0.717, 1.165) is 115 Å². The highest BCUT2D eigenvalue weighted by atomic mass is 31.2. The number of carbonyl (C=O) groups excluding carboxylic acids is 4. The molecule has 3 unspecified atom stereocenters. The summed E-state index contributed by atoms with van der Waals surface area (Å²) in [5.41, 5.74) is 0. The van der Waals surface area contributed by atoms with Crippen LogP contribution in [-0.2, 0) is 65.4 Å². The van der Waals surface area contributed by atoms with Crippen LogP contribution in [0.1, 0.15) is 330 Å². The maximum atomic E-state index is 13.0. The lowest BCUT2D eigenvalue weighted by Gasteiger charge is -2.21. The Labute approximate surface area is 517 Å². The number of esters is 4. The maximum Gasteiger partial charge on any atom is 0.472 e. The van der Waals surface area contributed by atoms with E-state index < -0.39 is 97.5 Å². The first-order valence-electron chi connectivity index (χ1n) is 34.5. The van der Waals surface area contributed by atoms with E-state index >= 15 is 0 Å². The Kier molecular flexibility index (Phi) is 57.1. The van der Waals surface area contributed by atoms with Gasteiger partial charge in [-0.2, -0.15) is 0 Å². The molecule has 0 aromatic carbocycles. The Hall–Kier alpha value is -1.94. The van der Waals surface area contributed by atoms with Gasteiger partial charge in [0, 0.05) is 25.7 Å². The minimum atomic E-state index is -4.95. The SMILES string of the molecule is CCCCCCCCCCC(=O)OC[C@H](COP(=O)(O)OC[C@H](O)COP(=O)(O)OC[C@@H](COC(=O)CCCCCCCCCCC(C)CC)OC(=O)CCCCCCCCCCCCCCCCC(C)C)OC(=O)CCCCCCCCCC. The Morgan fingerprint density at radius 2 is 0.600 bits per heavy atom. The quantitative estimate of drug-likeness (QED) is 0.0222. The molecular formula is C66H128O17P2. The largest absolute Gasteiger partial charge is 0.472 e. The number of hydrogen-bond acceptors (Lipinski definition) is 15. The molecule has 504 valence electrons. The molecule has 17 nitrogen and oxygen atoms in total. The molecule has 0 saturated carbocycles. The van der Waals surface area contributed by atoms with E-state index in [2.05, 4.69) is 41.5 Å². The Bertz CT molecular complexity index is 1670. The molecule has 0 radical (unpaired) electrons. The van der Waals surface area contributed by atoms with E-state index in [4.69, 9.17) is 37.0 Å². The van der Waals surface area contributed by atoms with Crippen LogP contribution in [0.15, 0.2) is 0 Å². The van der Waals surface area contributed by atoms with Crippen molar-refractivity contribution in [3.63, 3.8) is 0 Å². The highest BCUT2D eigenvalue weighted by molar-refractivity contribution is 7.47. The van der Waals surface area contributed by atoms with Gasteiger partial charge in [0.15, 0.2) is 12.2 Å². The van der Waals surface area contributed by atoms with Crippen LogP contribution in [0.5, 0.6) is 0 Å². The van der Waals surface area contributed by atoms with Gasteiger partial charge in [0.1, 0.15) is 19.3 Å². The summed E-state index contributed by atoms with van der Waals surface area (Å²) >= 11 is 0. The van der Waals surface area contributed by atoms with E-state index in [1.54, 1.807) is 0 Å². The molecule has 0 aromatic rings. The second-order valence-electron chi connectivity index (χ2n) is 24.6. The Morgan fingerprint density at radius 3 is 0.894 bits per heavy atom.